The zero-order valence-corrected chi connectivity index (χ0v) is 19.7. The molecule has 0 atom stereocenters. The van der Waals surface area contributed by atoms with Crippen molar-refractivity contribution in [2.45, 2.75) is 13.1 Å². The number of carbonyl (C=O) groups excluding carboxylic acids is 1. The summed E-state index contributed by atoms with van der Waals surface area (Å²) >= 11 is 0. The Kier molecular flexibility index (Phi) is 6.26. The molecular weight excluding hydrogens is 465 g/mol. The van der Waals surface area contributed by atoms with Gasteiger partial charge in [-0.15, -0.1) is 0 Å². The normalized spacial score (nSPS) is 14.2. The van der Waals surface area contributed by atoms with Crippen LogP contribution in [0.1, 0.15) is 21.6 Å². The molecule has 1 fully saturated rings. The first-order valence-corrected chi connectivity index (χ1v) is 11.7. The number of aryl methyl sites for hydroxylation is 1. The molecule has 3 aromatic carbocycles. The summed E-state index contributed by atoms with van der Waals surface area (Å²) in [7, 11) is 0. The van der Waals surface area contributed by atoms with Crippen LogP contribution in [0, 0.1) is 6.92 Å². The monoisotopic (exact) mass is 490 g/mol. The van der Waals surface area contributed by atoms with E-state index in [4.69, 9.17) is 5.10 Å². The van der Waals surface area contributed by atoms with Gasteiger partial charge in [0.05, 0.1) is 16.9 Å². The van der Waals surface area contributed by atoms with E-state index in [0.29, 0.717) is 43.3 Å². The van der Waals surface area contributed by atoms with Gasteiger partial charge in [-0.2, -0.15) is 18.3 Å². The van der Waals surface area contributed by atoms with Crippen molar-refractivity contribution < 1.29 is 18.0 Å². The number of alkyl halides is 3. The number of anilines is 1. The lowest BCUT2D eigenvalue weighted by Crippen LogP contribution is -2.49. The topological polar surface area (TPSA) is 41.4 Å². The Hall–Kier alpha value is -4.07. The van der Waals surface area contributed by atoms with Crippen molar-refractivity contribution >= 4 is 11.6 Å². The third-order valence-electron chi connectivity index (χ3n) is 6.35. The molecule has 0 saturated carbocycles. The van der Waals surface area contributed by atoms with Crippen molar-refractivity contribution in [1.82, 2.24) is 14.7 Å². The number of rotatable bonds is 4. The molecule has 0 unspecified atom stereocenters. The maximum Gasteiger partial charge on any atom is 0.416 e. The minimum absolute atomic E-state index is 0.158. The highest BCUT2D eigenvalue weighted by Gasteiger charge is 2.32. The van der Waals surface area contributed by atoms with E-state index in [2.05, 4.69) is 0 Å². The van der Waals surface area contributed by atoms with Crippen LogP contribution >= 0.6 is 0 Å². The first-order chi connectivity index (χ1) is 17.3. The molecule has 0 bridgehead atoms. The number of piperazine rings is 1. The van der Waals surface area contributed by atoms with Crippen LogP contribution in [-0.2, 0) is 6.18 Å². The first kappa shape index (κ1) is 23.7. The van der Waals surface area contributed by atoms with Gasteiger partial charge in [0.15, 0.2) is 0 Å². The second-order valence-electron chi connectivity index (χ2n) is 8.86. The Balaban J connectivity index is 1.40. The van der Waals surface area contributed by atoms with Crippen molar-refractivity contribution in [3.63, 3.8) is 0 Å². The molecule has 184 valence electrons. The molecule has 0 spiro atoms. The van der Waals surface area contributed by atoms with E-state index in [1.54, 1.807) is 21.7 Å². The van der Waals surface area contributed by atoms with Gasteiger partial charge in [0.25, 0.3) is 5.91 Å². The van der Waals surface area contributed by atoms with Gasteiger partial charge < -0.3 is 9.80 Å². The number of halogens is 3. The standard InChI is InChI=1S/C28H25F3N4O/c1-20-7-5-12-24(17-20)35-26(19-25(32-35)21-8-3-2-4-9-21)27(36)34-15-13-33(14-16-34)23-11-6-10-22(18-23)28(29,30)31/h2-12,17-19H,13-16H2,1H3. The molecule has 1 saturated heterocycles. The van der Waals surface area contributed by atoms with E-state index in [1.807, 2.05) is 66.4 Å². The molecule has 5 rings (SSSR count). The molecule has 5 nitrogen and oxygen atoms in total. The summed E-state index contributed by atoms with van der Waals surface area (Å²) in [5, 5.41) is 4.76. The van der Waals surface area contributed by atoms with Crippen LogP contribution in [0.2, 0.25) is 0 Å². The van der Waals surface area contributed by atoms with Crippen LogP contribution in [0.15, 0.2) is 84.9 Å². The summed E-state index contributed by atoms with van der Waals surface area (Å²) in [5.41, 5.74) is 3.74. The van der Waals surface area contributed by atoms with Crippen LogP contribution in [0.5, 0.6) is 0 Å². The van der Waals surface area contributed by atoms with Crippen LogP contribution in [-0.4, -0.2) is 46.8 Å². The molecular formula is C28H25F3N4O. The third-order valence-corrected chi connectivity index (χ3v) is 6.35. The largest absolute Gasteiger partial charge is 0.416 e. The molecule has 4 aromatic rings. The van der Waals surface area contributed by atoms with Crippen molar-refractivity contribution in [1.29, 1.82) is 0 Å². The third kappa shape index (κ3) is 4.84. The predicted octanol–water partition coefficient (Wildman–Crippen LogP) is 5.83. The van der Waals surface area contributed by atoms with E-state index in [-0.39, 0.29) is 5.91 Å². The van der Waals surface area contributed by atoms with E-state index in [9.17, 15) is 18.0 Å². The van der Waals surface area contributed by atoms with Gasteiger partial charge in [0.1, 0.15) is 5.69 Å². The average molecular weight is 491 g/mol. The predicted molar refractivity (Wildman–Crippen MR) is 133 cm³/mol. The number of amides is 1. The molecule has 1 aromatic heterocycles. The fourth-order valence-corrected chi connectivity index (χ4v) is 4.45. The number of hydrogen-bond acceptors (Lipinski definition) is 3. The van der Waals surface area contributed by atoms with E-state index in [0.717, 1.165) is 28.9 Å². The van der Waals surface area contributed by atoms with Crippen LogP contribution in [0.25, 0.3) is 16.9 Å². The molecule has 8 heteroatoms. The lowest BCUT2D eigenvalue weighted by molar-refractivity contribution is -0.137. The Morgan fingerprint density at radius 2 is 1.50 bits per heavy atom. The number of benzene rings is 3. The van der Waals surface area contributed by atoms with Crippen molar-refractivity contribution in [2.24, 2.45) is 0 Å². The zero-order valence-electron chi connectivity index (χ0n) is 19.7. The summed E-state index contributed by atoms with van der Waals surface area (Å²) in [6, 6.07) is 24.6. The second kappa shape index (κ2) is 9.53. The molecule has 0 N–H and O–H groups in total. The van der Waals surface area contributed by atoms with Gasteiger partial charge in [0, 0.05) is 37.4 Å². The summed E-state index contributed by atoms with van der Waals surface area (Å²) in [4.78, 5) is 17.3. The van der Waals surface area contributed by atoms with Gasteiger partial charge in [-0.3, -0.25) is 4.79 Å². The van der Waals surface area contributed by atoms with Gasteiger partial charge in [-0.05, 0) is 48.9 Å². The average Bonchev–Trinajstić information content (AvgIpc) is 3.34. The van der Waals surface area contributed by atoms with E-state index < -0.39 is 11.7 Å². The molecule has 2 heterocycles. The summed E-state index contributed by atoms with van der Waals surface area (Å²) in [6.45, 7) is 3.66. The zero-order chi connectivity index (χ0) is 25.3. The highest BCUT2D eigenvalue weighted by Crippen LogP contribution is 2.32. The minimum Gasteiger partial charge on any atom is -0.368 e. The Labute approximate surface area is 207 Å². The molecule has 36 heavy (non-hydrogen) atoms. The summed E-state index contributed by atoms with van der Waals surface area (Å²) in [6.07, 6.45) is -4.39. The number of aromatic nitrogens is 2. The van der Waals surface area contributed by atoms with Crippen molar-refractivity contribution in [3.8, 4) is 16.9 Å². The lowest BCUT2D eigenvalue weighted by atomic mass is 10.1. The highest BCUT2D eigenvalue weighted by atomic mass is 19.4. The van der Waals surface area contributed by atoms with Crippen LogP contribution in [0.4, 0.5) is 18.9 Å². The Morgan fingerprint density at radius 3 is 2.19 bits per heavy atom. The van der Waals surface area contributed by atoms with Crippen LogP contribution in [0.3, 0.4) is 0 Å². The fraction of sp³-hybridized carbons (Fsp3) is 0.214. The molecule has 1 aliphatic heterocycles. The molecule has 1 amide bonds. The first-order valence-electron chi connectivity index (χ1n) is 11.7. The Bertz CT molecular complexity index is 1370. The van der Waals surface area contributed by atoms with Crippen LogP contribution < -0.4 is 4.90 Å². The van der Waals surface area contributed by atoms with E-state index >= 15 is 0 Å². The van der Waals surface area contributed by atoms with Gasteiger partial charge in [0.2, 0.25) is 0 Å². The fourth-order valence-electron chi connectivity index (χ4n) is 4.45. The second-order valence-corrected chi connectivity index (χ2v) is 8.86. The van der Waals surface area contributed by atoms with E-state index in [1.165, 1.54) is 6.07 Å². The number of hydrogen-bond donors (Lipinski definition) is 0. The summed E-state index contributed by atoms with van der Waals surface area (Å²) in [5.74, 6) is -0.158. The quantitative estimate of drug-likeness (QED) is 0.362. The van der Waals surface area contributed by atoms with Gasteiger partial charge in [-0.1, -0.05) is 48.5 Å². The van der Waals surface area contributed by atoms with Crippen molar-refractivity contribution in [2.75, 3.05) is 31.1 Å². The van der Waals surface area contributed by atoms with Crippen molar-refractivity contribution in [3.05, 3.63) is 102 Å². The lowest BCUT2D eigenvalue weighted by Gasteiger charge is -2.36. The molecule has 1 aliphatic rings. The van der Waals surface area contributed by atoms with Gasteiger partial charge in [-0.25, -0.2) is 4.68 Å². The maximum absolute atomic E-state index is 13.7. The molecule has 0 radical (unpaired) electrons. The SMILES string of the molecule is Cc1cccc(-n2nc(-c3ccccc3)cc2C(=O)N2CCN(c3cccc(C(F)(F)F)c3)CC2)c1. The number of nitrogens with zero attached hydrogens (tertiary/aromatic N) is 4. The smallest absolute Gasteiger partial charge is 0.368 e. The maximum atomic E-state index is 13.7. The summed E-state index contributed by atoms with van der Waals surface area (Å²) < 4.78 is 41.1. The molecule has 0 aliphatic carbocycles. The Morgan fingerprint density at radius 1 is 0.806 bits per heavy atom. The number of carbonyl (C=O) groups is 1. The highest BCUT2D eigenvalue weighted by molar-refractivity contribution is 5.94. The van der Waals surface area contributed by atoms with Gasteiger partial charge >= 0.3 is 6.18 Å². The minimum atomic E-state index is -4.39.